The molecule has 1 aliphatic heterocycles. The number of anilines is 1. The Morgan fingerprint density at radius 3 is 2.58 bits per heavy atom. The van der Waals surface area contributed by atoms with E-state index in [9.17, 15) is 4.79 Å². The number of fused-ring (bicyclic) bond motifs is 3. The highest BCUT2D eigenvalue weighted by atomic mass is 32.2. The van der Waals surface area contributed by atoms with Crippen molar-refractivity contribution < 1.29 is 9.53 Å². The van der Waals surface area contributed by atoms with Gasteiger partial charge in [-0.1, -0.05) is 67.6 Å². The third-order valence-electron chi connectivity index (χ3n) is 5.00. The normalized spacial score (nSPS) is 15.2. The molecule has 0 saturated heterocycles. The molecule has 0 spiro atoms. The van der Waals surface area contributed by atoms with Gasteiger partial charge in [-0.2, -0.15) is 4.98 Å². The second kappa shape index (κ2) is 8.67. The summed E-state index contributed by atoms with van der Waals surface area (Å²) in [4.78, 5) is 19.3. The zero-order valence-electron chi connectivity index (χ0n) is 18.4. The van der Waals surface area contributed by atoms with Crippen LogP contribution in [-0.4, -0.2) is 26.8 Å². The Bertz CT molecular complexity index is 1120. The monoisotopic (exact) mass is 434 g/mol. The van der Waals surface area contributed by atoms with Gasteiger partial charge in [-0.3, -0.25) is 9.69 Å². The van der Waals surface area contributed by atoms with Crippen LogP contribution in [0.3, 0.4) is 0 Å². The topological polar surface area (TPSA) is 68.2 Å². The zero-order valence-corrected chi connectivity index (χ0v) is 19.2. The summed E-state index contributed by atoms with van der Waals surface area (Å²) in [5.41, 5.74) is 5.06. The molecule has 2 heterocycles. The van der Waals surface area contributed by atoms with Gasteiger partial charge in [-0.25, -0.2) is 0 Å². The van der Waals surface area contributed by atoms with Crippen molar-refractivity contribution in [2.24, 2.45) is 5.92 Å². The van der Waals surface area contributed by atoms with Crippen LogP contribution >= 0.6 is 11.8 Å². The summed E-state index contributed by atoms with van der Waals surface area (Å²) in [7, 11) is 0. The van der Waals surface area contributed by atoms with E-state index in [-0.39, 0.29) is 5.91 Å². The number of hydrogen-bond donors (Lipinski definition) is 0. The maximum absolute atomic E-state index is 12.9. The molecule has 31 heavy (non-hydrogen) atoms. The van der Waals surface area contributed by atoms with Crippen LogP contribution in [0.4, 0.5) is 5.69 Å². The Kier molecular flexibility index (Phi) is 5.96. The van der Waals surface area contributed by atoms with Crippen molar-refractivity contribution >= 4 is 23.4 Å². The first-order valence-electron chi connectivity index (χ1n) is 10.4. The van der Waals surface area contributed by atoms with Crippen LogP contribution in [0.15, 0.2) is 47.6 Å². The summed E-state index contributed by atoms with van der Waals surface area (Å²) in [6, 6.07) is 13.8. The van der Waals surface area contributed by atoms with Crippen LogP contribution in [0.2, 0.25) is 0 Å². The SMILES string of the molecule is CC(=O)N1c2c(C)cc(C)cc2-c2nnc(SCC(C)C)nc2O[C@@H]1c1ccccc1. The number of thioether (sulfide) groups is 1. The third kappa shape index (κ3) is 4.28. The van der Waals surface area contributed by atoms with Gasteiger partial charge in [-0.15, -0.1) is 10.2 Å². The highest BCUT2D eigenvalue weighted by molar-refractivity contribution is 7.99. The summed E-state index contributed by atoms with van der Waals surface area (Å²) in [6.45, 7) is 9.89. The van der Waals surface area contributed by atoms with Crippen molar-refractivity contribution in [3.63, 3.8) is 0 Å². The van der Waals surface area contributed by atoms with E-state index in [0.717, 1.165) is 33.7 Å². The van der Waals surface area contributed by atoms with Crippen LogP contribution in [0.1, 0.15) is 43.7 Å². The quantitative estimate of drug-likeness (QED) is 0.516. The van der Waals surface area contributed by atoms with E-state index < -0.39 is 6.23 Å². The van der Waals surface area contributed by atoms with Gasteiger partial charge >= 0.3 is 0 Å². The average Bonchev–Trinajstić information content (AvgIpc) is 2.87. The Morgan fingerprint density at radius 2 is 1.90 bits per heavy atom. The summed E-state index contributed by atoms with van der Waals surface area (Å²) in [5.74, 6) is 1.67. The molecule has 1 aliphatic rings. The minimum absolute atomic E-state index is 0.114. The molecular weight excluding hydrogens is 408 g/mol. The number of aryl methyl sites for hydroxylation is 2. The van der Waals surface area contributed by atoms with Gasteiger partial charge in [0.05, 0.1) is 5.69 Å². The van der Waals surface area contributed by atoms with Gasteiger partial charge in [0, 0.05) is 23.8 Å². The van der Waals surface area contributed by atoms with Crippen molar-refractivity contribution in [1.29, 1.82) is 0 Å². The smallest absolute Gasteiger partial charge is 0.247 e. The molecule has 160 valence electrons. The van der Waals surface area contributed by atoms with Crippen LogP contribution in [0, 0.1) is 19.8 Å². The third-order valence-corrected chi connectivity index (χ3v) is 6.27. The molecular formula is C24H26N4O2S. The van der Waals surface area contributed by atoms with Crippen LogP contribution in [0.25, 0.3) is 11.3 Å². The average molecular weight is 435 g/mol. The van der Waals surface area contributed by atoms with Gasteiger partial charge in [0.1, 0.15) is 0 Å². The van der Waals surface area contributed by atoms with E-state index in [1.54, 1.807) is 23.6 Å². The molecule has 1 amide bonds. The first-order valence-corrected chi connectivity index (χ1v) is 11.3. The Labute approximate surface area is 187 Å². The van der Waals surface area contributed by atoms with Crippen molar-refractivity contribution in [2.75, 3.05) is 10.7 Å². The summed E-state index contributed by atoms with van der Waals surface area (Å²) < 4.78 is 6.42. The molecule has 0 radical (unpaired) electrons. The first-order chi connectivity index (χ1) is 14.8. The predicted octanol–water partition coefficient (Wildman–Crippen LogP) is 5.35. The molecule has 0 unspecified atom stereocenters. The van der Waals surface area contributed by atoms with E-state index in [4.69, 9.17) is 9.72 Å². The maximum Gasteiger partial charge on any atom is 0.247 e. The minimum atomic E-state index is -0.653. The fourth-order valence-electron chi connectivity index (χ4n) is 3.74. The van der Waals surface area contributed by atoms with E-state index in [1.807, 2.05) is 50.2 Å². The van der Waals surface area contributed by atoms with Crippen molar-refractivity contribution in [1.82, 2.24) is 15.2 Å². The number of benzene rings is 2. The second-order valence-electron chi connectivity index (χ2n) is 8.20. The van der Waals surface area contributed by atoms with Gasteiger partial charge in [0.15, 0.2) is 5.69 Å². The number of aromatic nitrogens is 3. The number of ether oxygens (including phenoxy) is 1. The van der Waals surface area contributed by atoms with Crippen molar-refractivity contribution in [3.05, 3.63) is 59.2 Å². The van der Waals surface area contributed by atoms with Crippen LogP contribution < -0.4 is 9.64 Å². The standard InChI is InChI=1S/C24H26N4O2S/c1-14(2)13-31-24-25-22-20(26-27-24)19-12-15(3)11-16(4)21(19)28(17(5)29)23(30-22)18-9-7-6-8-10-18/h6-12,14,23H,13H2,1-5H3/t23-/m1/s1. The fraction of sp³-hybridized carbons (Fsp3) is 0.333. The zero-order chi connectivity index (χ0) is 22.1. The minimum Gasteiger partial charge on any atom is -0.447 e. The van der Waals surface area contributed by atoms with E-state index in [2.05, 4.69) is 30.1 Å². The Hall–Kier alpha value is -2.93. The predicted molar refractivity (Wildman–Crippen MR) is 123 cm³/mol. The van der Waals surface area contributed by atoms with Gasteiger partial charge in [-0.05, 0) is 31.4 Å². The number of rotatable bonds is 4. The first kappa shape index (κ1) is 21.3. The van der Waals surface area contributed by atoms with Gasteiger partial charge < -0.3 is 4.74 Å². The van der Waals surface area contributed by atoms with Gasteiger partial charge in [0.2, 0.25) is 23.2 Å². The van der Waals surface area contributed by atoms with Gasteiger partial charge in [0.25, 0.3) is 0 Å². The molecule has 0 aliphatic carbocycles. The summed E-state index contributed by atoms with van der Waals surface area (Å²) in [5, 5.41) is 9.43. The van der Waals surface area contributed by atoms with E-state index >= 15 is 0 Å². The molecule has 1 aromatic heterocycles. The lowest BCUT2D eigenvalue weighted by molar-refractivity contribution is -0.118. The van der Waals surface area contributed by atoms with E-state index in [0.29, 0.717) is 22.6 Å². The maximum atomic E-state index is 12.9. The molecule has 3 aromatic rings. The van der Waals surface area contributed by atoms with Crippen molar-refractivity contribution in [2.45, 2.75) is 46.0 Å². The number of carbonyl (C=O) groups excluding carboxylic acids is 1. The molecule has 6 nitrogen and oxygen atoms in total. The summed E-state index contributed by atoms with van der Waals surface area (Å²) in [6.07, 6.45) is -0.653. The number of nitrogens with zero attached hydrogens (tertiary/aromatic N) is 4. The molecule has 4 rings (SSSR count). The fourth-order valence-corrected chi connectivity index (χ4v) is 4.47. The molecule has 0 N–H and O–H groups in total. The van der Waals surface area contributed by atoms with Crippen LogP contribution in [-0.2, 0) is 4.79 Å². The van der Waals surface area contributed by atoms with E-state index in [1.165, 1.54) is 0 Å². The molecule has 2 aromatic carbocycles. The lowest BCUT2D eigenvalue weighted by atomic mass is 10.00. The molecule has 0 bridgehead atoms. The highest BCUT2D eigenvalue weighted by Gasteiger charge is 2.35. The number of amides is 1. The molecule has 0 saturated carbocycles. The lowest BCUT2D eigenvalue weighted by Gasteiger charge is -2.31. The number of carbonyl (C=O) groups is 1. The summed E-state index contributed by atoms with van der Waals surface area (Å²) >= 11 is 1.55. The lowest BCUT2D eigenvalue weighted by Crippen LogP contribution is -2.36. The Balaban J connectivity index is 1.94. The second-order valence-corrected chi connectivity index (χ2v) is 9.19. The molecule has 1 atom stereocenters. The molecule has 7 heteroatoms. The number of hydrogen-bond acceptors (Lipinski definition) is 6. The van der Waals surface area contributed by atoms with Crippen molar-refractivity contribution in [3.8, 4) is 17.1 Å². The Morgan fingerprint density at radius 1 is 1.16 bits per heavy atom. The highest BCUT2D eigenvalue weighted by Crippen LogP contribution is 2.45. The molecule has 0 fully saturated rings. The van der Waals surface area contributed by atoms with Crippen LogP contribution in [0.5, 0.6) is 5.88 Å². The largest absolute Gasteiger partial charge is 0.447 e.